The summed E-state index contributed by atoms with van der Waals surface area (Å²) in [6, 6.07) is 3.79. The number of furan rings is 1. The number of rotatable bonds is 4. The van der Waals surface area contributed by atoms with Gasteiger partial charge in [0.15, 0.2) is 5.58 Å². The fourth-order valence-electron chi connectivity index (χ4n) is 3.56. The summed E-state index contributed by atoms with van der Waals surface area (Å²) in [7, 11) is 1.40. The smallest absolute Gasteiger partial charge is 0.251 e. The van der Waals surface area contributed by atoms with Crippen molar-refractivity contribution < 1.29 is 22.7 Å². The molecular weight excluding hydrogens is 416 g/mol. The van der Waals surface area contributed by atoms with Crippen LogP contribution in [-0.4, -0.2) is 43.7 Å². The van der Waals surface area contributed by atoms with E-state index < -0.39 is 17.5 Å². The monoisotopic (exact) mass is 437 g/mol. The minimum absolute atomic E-state index is 0. The number of morpholine rings is 1. The molecule has 1 aliphatic heterocycles. The van der Waals surface area contributed by atoms with Crippen LogP contribution in [0.2, 0.25) is 0 Å². The van der Waals surface area contributed by atoms with Crippen molar-refractivity contribution in [3.05, 3.63) is 52.7 Å². The lowest BCUT2D eigenvalue weighted by Gasteiger charge is -2.23. The number of nitrogens with zero attached hydrogens (tertiary/aromatic N) is 1. The Labute approximate surface area is 178 Å². The number of fused-ring (bicyclic) bond motifs is 1. The Morgan fingerprint density at radius 3 is 2.67 bits per heavy atom. The molecule has 0 unspecified atom stereocenters. The summed E-state index contributed by atoms with van der Waals surface area (Å²) in [6.45, 7) is 3.81. The lowest BCUT2D eigenvalue weighted by Crippen LogP contribution is -2.39. The highest BCUT2D eigenvalue weighted by Gasteiger charge is 2.27. The van der Waals surface area contributed by atoms with Crippen molar-refractivity contribution in [2.75, 3.05) is 26.7 Å². The molecule has 2 N–H and O–H groups in total. The molecule has 4 rings (SSSR count). The number of carbonyl (C=O) groups excluding carboxylic acids is 1. The van der Waals surface area contributed by atoms with Gasteiger partial charge in [-0.1, -0.05) is 0 Å². The summed E-state index contributed by atoms with van der Waals surface area (Å²) in [5.74, 6) is -2.24. The summed E-state index contributed by atoms with van der Waals surface area (Å²) in [6.07, 6.45) is 1.91. The maximum Gasteiger partial charge on any atom is 0.251 e. The van der Waals surface area contributed by atoms with Gasteiger partial charge in [-0.05, 0) is 30.7 Å². The Kier molecular flexibility index (Phi) is 6.70. The third-order valence-corrected chi connectivity index (χ3v) is 4.96. The van der Waals surface area contributed by atoms with Crippen LogP contribution in [0.15, 0.2) is 28.8 Å². The van der Waals surface area contributed by atoms with E-state index in [1.165, 1.54) is 7.05 Å². The number of hydrogen-bond acceptors (Lipinski definition) is 5. The normalized spacial score (nSPS) is 16.3. The van der Waals surface area contributed by atoms with Gasteiger partial charge in [0.05, 0.1) is 18.3 Å². The molecule has 0 aliphatic carbocycles. The zero-order valence-electron chi connectivity index (χ0n) is 16.6. The van der Waals surface area contributed by atoms with E-state index >= 15 is 0 Å². The first-order valence-electron chi connectivity index (χ1n) is 9.39. The summed E-state index contributed by atoms with van der Waals surface area (Å²) in [4.78, 5) is 16.2. The maximum atomic E-state index is 14.9. The first-order chi connectivity index (χ1) is 14.0. The number of pyridine rings is 1. The van der Waals surface area contributed by atoms with Crippen LogP contribution in [0, 0.1) is 18.6 Å². The fraction of sp³-hybridized carbons (Fsp3) is 0.333. The van der Waals surface area contributed by atoms with Gasteiger partial charge in [0.25, 0.3) is 5.91 Å². The SMILES string of the molecule is CNC(=O)c1cc(F)c(-c2oc3cc(C)cnc3c2C[C@H]2CNCCO2)c(F)c1.Cl. The molecule has 9 heteroatoms. The average molecular weight is 438 g/mol. The number of halogens is 3. The number of carbonyl (C=O) groups is 1. The van der Waals surface area contributed by atoms with Gasteiger partial charge in [-0.3, -0.25) is 9.78 Å². The predicted octanol–water partition coefficient (Wildman–Crippen LogP) is 3.39. The molecule has 3 heterocycles. The quantitative estimate of drug-likeness (QED) is 0.654. The topological polar surface area (TPSA) is 76.4 Å². The maximum absolute atomic E-state index is 14.9. The molecule has 160 valence electrons. The van der Waals surface area contributed by atoms with E-state index in [-0.39, 0.29) is 35.4 Å². The second-order valence-electron chi connectivity index (χ2n) is 7.06. The Hall–Kier alpha value is -2.55. The number of amides is 1. The first kappa shape index (κ1) is 22.1. The van der Waals surface area contributed by atoms with E-state index in [1.54, 1.807) is 12.3 Å². The second-order valence-corrected chi connectivity index (χ2v) is 7.06. The van der Waals surface area contributed by atoms with Gasteiger partial charge in [0, 0.05) is 43.9 Å². The molecule has 0 bridgehead atoms. The first-order valence-corrected chi connectivity index (χ1v) is 9.39. The molecule has 2 aromatic heterocycles. The molecule has 1 amide bonds. The standard InChI is InChI=1S/C21H21F2N3O3.ClH/c1-11-5-17-19(26-9-11)14(8-13-10-25-3-4-28-13)20(29-17)18-15(22)6-12(7-16(18)23)21(27)24-2;/h5-7,9,13,25H,3-4,8,10H2,1-2H3,(H,24,27);1H/t13-;/m0./s1. The third kappa shape index (κ3) is 4.16. The van der Waals surface area contributed by atoms with Crippen molar-refractivity contribution in [3.63, 3.8) is 0 Å². The molecule has 1 fully saturated rings. The van der Waals surface area contributed by atoms with Crippen LogP contribution >= 0.6 is 12.4 Å². The van der Waals surface area contributed by atoms with Gasteiger partial charge in [0.1, 0.15) is 22.9 Å². The van der Waals surface area contributed by atoms with Gasteiger partial charge < -0.3 is 19.8 Å². The minimum atomic E-state index is -0.872. The van der Waals surface area contributed by atoms with Crippen LogP contribution in [0.25, 0.3) is 22.4 Å². The third-order valence-electron chi connectivity index (χ3n) is 4.96. The number of hydrogen-bond donors (Lipinski definition) is 2. The zero-order valence-corrected chi connectivity index (χ0v) is 17.4. The van der Waals surface area contributed by atoms with Gasteiger partial charge in [-0.2, -0.15) is 0 Å². The molecular formula is C21H22ClF2N3O3. The summed E-state index contributed by atoms with van der Waals surface area (Å²) >= 11 is 0. The molecule has 6 nitrogen and oxygen atoms in total. The van der Waals surface area contributed by atoms with E-state index in [4.69, 9.17) is 9.15 Å². The highest BCUT2D eigenvalue weighted by atomic mass is 35.5. The van der Waals surface area contributed by atoms with Crippen LogP contribution in [0.1, 0.15) is 21.5 Å². The van der Waals surface area contributed by atoms with E-state index in [0.29, 0.717) is 36.2 Å². The van der Waals surface area contributed by atoms with E-state index in [9.17, 15) is 13.6 Å². The van der Waals surface area contributed by atoms with Gasteiger partial charge in [-0.15, -0.1) is 12.4 Å². The van der Waals surface area contributed by atoms with Gasteiger partial charge in [0.2, 0.25) is 0 Å². The van der Waals surface area contributed by atoms with E-state index in [2.05, 4.69) is 15.6 Å². The Morgan fingerprint density at radius 2 is 2.03 bits per heavy atom. The molecule has 0 radical (unpaired) electrons. The lowest BCUT2D eigenvalue weighted by atomic mass is 9.99. The van der Waals surface area contributed by atoms with Crippen LogP contribution in [0.5, 0.6) is 0 Å². The molecule has 1 saturated heterocycles. The number of aromatic nitrogens is 1. The molecule has 1 aliphatic rings. The molecule has 1 atom stereocenters. The number of aryl methyl sites for hydroxylation is 1. The minimum Gasteiger partial charge on any atom is -0.454 e. The van der Waals surface area contributed by atoms with Crippen molar-refractivity contribution in [2.45, 2.75) is 19.4 Å². The highest BCUT2D eigenvalue weighted by molar-refractivity contribution is 5.95. The Balaban J connectivity index is 0.00000256. The van der Waals surface area contributed by atoms with E-state index in [1.807, 2.05) is 6.92 Å². The molecule has 0 saturated carbocycles. The van der Waals surface area contributed by atoms with Gasteiger partial charge >= 0.3 is 0 Å². The van der Waals surface area contributed by atoms with Crippen molar-refractivity contribution >= 4 is 29.4 Å². The average Bonchev–Trinajstić information content (AvgIpc) is 3.04. The van der Waals surface area contributed by atoms with Crippen LogP contribution in [-0.2, 0) is 11.2 Å². The second kappa shape index (κ2) is 9.07. The van der Waals surface area contributed by atoms with Crippen LogP contribution in [0.4, 0.5) is 8.78 Å². The fourth-order valence-corrected chi connectivity index (χ4v) is 3.56. The van der Waals surface area contributed by atoms with Crippen molar-refractivity contribution in [1.29, 1.82) is 0 Å². The Bertz CT molecular complexity index is 1060. The predicted molar refractivity (Wildman–Crippen MR) is 111 cm³/mol. The van der Waals surface area contributed by atoms with Crippen molar-refractivity contribution in [1.82, 2.24) is 15.6 Å². The zero-order chi connectivity index (χ0) is 20.5. The highest BCUT2D eigenvalue weighted by Crippen LogP contribution is 2.37. The number of ether oxygens (including phenoxy) is 1. The molecule has 1 aromatic carbocycles. The lowest BCUT2D eigenvalue weighted by molar-refractivity contribution is 0.0294. The summed E-state index contributed by atoms with van der Waals surface area (Å²) < 4.78 is 41.5. The van der Waals surface area contributed by atoms with Crippen LogP contribution < -0.4 is 10.6 Å². The summed E-state index contributed by atoms with van der Waals surface area (Å²) in [5.41, 5.74) is 2.04. The van der Waals surface area contributed by atoms with E-state index in [0.717, 1.165) is 24.2 Å². The molecule has 30 heavy (non-hydrogen) atoms. The van der Waals surface area contributed by atoms with Crippen LogP contribution in [0.3, 0.4) is 0 Å². The number of benzene rings is 1. The van der Waals surface area contributed by atoms with Crippen molar-refractivity contribution in [3.8, 4) is 11.3 Å². The summed E-state index contributed by atoms with van der Waals surface area (Å²) in [5, 5.41) is 5.60. The Morgan fingerprint density at radius 1 is 1.30 bits per heavy atom. The molecule has 0 spiro atoms. The van der Waals surface area contributed by atoms with Gasteiger partial charge in [-0.25, -0.2) is 8.78 Å². The number of nitrogens with one attached hydrogen (secondary N) is 2. The largest absolute Gasteiger partial charge is 0.454 e. The van der Waals surface area contributed by atoms with Crippen molar-refractivity contribution in [2.24, 2.45) is 0 Å². The molecule has 3 aromatic rings.